The van der Waals surface area contributed by atoms with Gasteiger partial charge in [0.1, 0.15) is 10.8 Å². The van der Waals surface area contributed by atoms with Crippen LogP contribution in [0.25, 0.3) is 0 Å². The monoisotopic (exact) mass is 430 g/mol. The minimum absolute atomic E-state index is 0.0204. The number of rotatable bonds is 8. The number of aromatic nitrogens is 1. The topological polar surface area (TPSA) is 67.8 Å². The molecule has 2 aromatic rings. The van der Waals surface area contributed by atoms with Crippen LogP contribution < -0.4 is 15.4 Å². The van der Waals surface area contributed by atoms with Crippen molar-refractivity contribution in [3.63, 3.8) is 0 Å². The Kier molecular flexibility index (Phi) is 8.10. The highest BCUT2D eigenvalue weighted by Crippen LogP contribution is 2.35. The summed E-state index contributed by atoms with van der Waals surface area (Å²) in [7, 11) is 1.81. The first-order valence-corrected chi connectivity index (χ1v) is 11.6. The number of nitrogens with zero attached hydrogens (tertiary/aromatic N) is 2. The van der Waals surface area contributed by atoms with Gasteiger partial charge in [-0.05, 0) is 43.4 Å². The zero-order valence-corrected chi connectivity index (χ0v) is 19.3. The van der Waals surface area contributed by atoms with E-state index in [1.54, 1.807) is 11.3 Å². The van der Waals surface area contributed by atoms with Gasteiger partial charge in [-0.25, -0.2) is 4.98 Å². The van der Waals surface area contributed by atoms with Gasteiger partial charge in [-0.2, -0.15) is 0 Å². The van der Waals surface area contributed by atoms with E-state index in [0.29, 0.717) is 19.1 Å². The average molecular weight is 431 g/mol. The SMILES string of the molecule is CCOc1ccc(C2(CNC(=NC)NCc3nc(C(C)C)cs3)CCOCC2)cc1. The van der Waals surface area contributed by atoms with Crippen molar-refractivity contribution in [1.29, 1.82) is 0 Å². The molecule has 0 saturated carbocycles. The van der Waals surface area contributed by atoms with Gasteiger partial charge in [0.25, 0.3) is 0 Å². The lowest BCUT2D eigenvalue weighted by Gasteiger charge is -2.38. The Hall–Kier alpha value is -2.12. The second-order valence-electron chi connectivity index (χ2n) is 7.95. The van der Waals surface area contributed by atoms with Crippen LogP contribution in [0, 0.1) is 0 Å². The van der Waals surface area contributed by atoms with Crippen molar-refractivity contribution in [1.82, 2.24) is 15.6 Å². The van der Waals surface area contributed by atoms with Crippen molar-refractivity contribution in [2.75, 3.05) is 33.4 Å². The summed E-state index contributed by atoms with van der Waals surface area (Å²) in [4.78, 5) is 9.11. The molecule has 0 atom stereocenters. The molecule has 1 saturated heterocycles. The van der Waals surface area contributed by atoms with Crippen LogP contribution in [0.15, 0.2) is 34.6 Å². The van der Waals surface area contributed by atoms with E-state index in [0.717, 1.165) is 55.0 Å². The summed E-state index contributed by atoms with van der Waals surface area (Å²) in [6.07, 6.45) is 1.96. The lowest BCUT2D eigenvalue weighted by atomic mass is 9.74. The van der Waals surface area contributed by atoms with Crippen LogP contribution in [0.4, 0.5) is 0 Å². The Bertz CT molecular complexity index is 811. The molecular formula is C23H34N4O2S. The summed E-state index contributed by atoms with van der Waals surface area (Å²) in [5.41, 5.74) is 2.49. The Morgan fingerprint density at radius 1 is 1.23 bits per heavy atom. The number of aliphatic imine (C=N–C) groups is 1. The van der Waals surface area contributed by atoms with E-state index >= 15 is 0 Å². The van der Waals surface area contributed by atoms with E-state index in [1.807, 2.05) is 14.0 Å². The number of hydrogen-bond donors (Lipinski definition) is 2. The molecule has 1 aromatic heterocycles. The second kappa shape index (κ2) is 10.8. The van der Waals surface area contributed by atoms with E-state index in [4.69, 9.17) is 14.5 Å². The largest absolute Gasteiger partial charge is 0.494 e. The highest BCUT2D eigenvalue weighted by Gasteiger charge is 2.34. The van der Waals surface area contributed by atoms with Crippen LogP contribution in [0.3, 0.4) is 0 Å². The molecule has 6 nitrogen and oxygen atoms in total. The predicted octanol–water partition coefficient (Wildman–Crippen LogP) is 4.08. The standard InChI is InChI=1S/C23H34N4O2S/c1-5-29-19-8-6-18(7-9-19)23(10-12-28-13-11-23)16-26-22(24-4)25-14-21-27-20(15-30-21)17(2)3/h6-9,15,17H,5,10-14,16H2,1-4H3,(H2,24,25,26). The van der Waals surface area contributed by atoms with Crippen LogP contribution in [-0.4, -0.2) is 44.4 Å². The minimum atomic E-state index is 0.0204. The molecule has 0 radical (unpaired) electrons. The number of nitrogens with one attached hydrogen (secondary N) is 2. The maximum absolute atomic E-state index is 5.66. The Morgan fingerprint density at radius 2 is 1.97 bits per heavy atom. The van der Waals surface area contributed by atoms with Crippen molar-refractivity contribution >= 4 is 17.3 Å². The van der Waals surface area contributed by atoms with Crippen molar-refractivity contribution < 1.29 is 9.47 Å². The van der Waals surface area contributed by atoms with Gasteiger partial charge in [-0.1, -0.05) is 26.0 Å². The third kappa shape index (κ3) is 5.73. The lowest BCUT2D eigenvalue weighted by Crippen LogP contribution is -2.47. The van der Waals surface area contributed by atoms with Crippen LogP contribution >= 0.6 is 11.3 Å². The summed E-state index contributed by atoms with van der Waals surface area (Å²) in [5.74, 6) is 2.17. The molecule has 0 bridgehead atoms. The van der Waals surface area contributed by atoms with E-state index in [9.17, 15) is 0 Å². The van der Waals surface area contributed by atoms with E-state index in [1.165, 1.54) is 5.56 Å². The molecule has 7 heteroatoms. The molecule has 0 aliphatic carbocycles. The second-order valence-corrected chi connectivity index (χ2v) is 8.89. The number of ether oxygens (including phenoxy) is 2. The molecule has 2 N–H and O–H groups in total. The molecule has 0 spiro atoms. The first-order valence-electron chi connectivity index (χ1n) is 10.8. The number of guanidine groups is 1. The molecule has 1 aliphatic heterocycles. The summed E-state index contributed by atoms with van der Waals surface area (Å²) in [6.45, 7) is 10.1. The van der Waals surface area contributed by atoms with Crippen LogP contribution in [0.1, 0.15) is 55.8 Å². The van der Waals surface area contributed by atoms with Crippen molar-refractivity contribution in [2.45, 2.75) is 51.5 Å². The Balaban J connectivity index is 1.63. The lowest BCUT2D eigenvalue weighted by molar-refractivity contribution is 0.0513. The fourth-order valence-electron chi connectivity index (χ4n) is 3.71. The smallest absolute Gasteiger partial charge is 0.191 e. The molecule has 3 rings (SSSR count). The van der Waals surface area contributed by atoms with Gasteiger partial charge in [-0.15, -0.1) is 11.3 Å². The van der Waals surface area contributed by atoms with Crippen LogP contribution in [-0.2, 0) is 16.7 Å². The van der Waals surface area contributed by atoms with Gasteiger partial charge in [0.2, 0.25) is 0 Å². The first-order chi connectivity index (χ1) is 14.6. The highest BCUT2D eigenvalue weighted by atomic mass is 32.1. The maximum Gasteiger partial charge on any atom is 0.191 e. The fraction of sp³-hybridized carbons (Fsp3) is 0.565. The van der Waals surface area contributed by atoms with Gasteiger partial charge >= 0.3 is 0 Å². The molecule has 2 heterocycles. The van der Waals surface area contributed by atoms with Crippen molar-refractivity contribution in [3.8, 4) is 5.75 Å². The van der Waals surface area contributed by atoms with Crippen molar-refractivity contribution in [3.05, 3.63) is 45.9 Å². The van der Waals surface area contributed by atoms with E-state index in [-0.39, 0.29) is 5.41 Å². The molecule has 1 fully saturated rings. The van der Waals surface area contributed by atoms with Gasteiger partial charge in [0, 0.05) is 37.6 Å². The third-order valence-corrected chi connectivity index (χ3v) is 6.48. The van der Waals surface area contributed by atoms with E-state index < -0.39 is 0 Å². The minimum Gasteiger partial charge on any atom is -0.494 e. The summed E-state index contributed by atoms with van der Waals surface area (Å²) < 4.78 is 11.3. The van der Waals surface area contributed by atoms with Crippen LogP contribution in [0.5, 0.6) is 5.75 Å². The Morgan fingerprint density at radius 3 is 2.57 bits per heavy atom. The molecule has 1 aliphatic rings. The average Bonchev–Trinajstić information content (AvgIpc) is 3.25. The first kappa shape index (κ1) is 22.6. The van der Waals surface area contributed by atoms with Gasteiger partial charge in [-0.3, -0.25) is 4.99 Å². The summed E-state index contributed by atoms with van der Waals surface area (Å²) >= 11 is 1.69. The summed E-state index contributed by atoms with van der Waals surface area (Å²) in [6, 6.07) is 8.52. The molecule has 0 amide bonds. The zero-order chi connectivity index (χ0) is 21.4. The molecular weight excluding hydrogens is 396 g/mol. The van der Waals surface area contributed by atoms with Gasteiger partial charge < -0.3 is 20.1 Å². The zero-order valence-electron chi connectivity index (χ0n) is 18.5. The van der Waals surface area contributed by atoms with Gasteiger partial charge in [0.15, 0.2) is 5.96 Å². The molecule has 1 aromatic carbocycles. The number of thiazole rings is 1. The third-order valence-electron chi connectivity index (χ3n) is 5.61. The van der Waals surface area contributed by atoms with Gasteiger partial charge in [0.05, 0.1) is 18.8 Å². The Labute approximate surface area is 184 Å². The normalized spacial score (nSPS) is 16.5. The molecule has 30 heavy (non-hydrogen) atoms. The molecule has 0 unspecified atom stereocenters. The predicted molar refractivity (Wildman–Crippen MR) is 124 cm³/mol. The highest BCUT2D eigenvalue weighted by molar-refractivity contribution is 7.09. The van der Waals surface area contributed by atoms with Crippen molar-refractivity contribution in [2.24, 2.45) is 4.99 Å². The van der Waals surface area contributed by atoms with Crippen LogP contribution in [0.2, 0.25) is 0 Å². The maximum atomic E-state index is 5.66. The summed E-state index contributed by atoms with van der Waals surface area (Å²) in [5, 5.41) is 10.2. The number of benzene rings is 1. The number of hydrogen-bond acceptors (Lipinski definition) is 5. The fourth-order valence-corrected chi connectivity index (χ4v) is 4.60. The quantitative estimate of drug-likeness (QED) is 0.488. The molecule has 164 valence electrons. The van der Waals surface area contributed by atoms with E-state index in [2.05, 4.69) is 59.1 Å².